The molecule has 0 radical (unpaired) electrons. The molecule has 3 heterocycles. The topological polar surface area (TPSA) is 112 Å². The third kappa shape index (κ3) is 4.67. The van der Waals surface area contributed by atoms with Crippen molar-refractivity contribution in [2.45, 2.75) is 39.7 Å². The molecule has 0 saturated carbocycles. The number of hydrogen-bond acceptors (Lipinski definition) is 7. The van der Waals surface area contributed by atoms with E-state index in [2.05, 4.69) is 48.5 Å². The maximum absolute atomic E-state index is 13.0. The smallest absolute Gasteiger partial charge is 0.358 e. The van der Waals surface area contributed by atoms with E-state index in [9.17, 15) is 4.79 Å². The van der Waals surface area contributed by atoms with Gasteiger partial charge in [0.25, 0.3) is 0 Å². The van der Waals surface area contributed by atoms with E-state index >= 15 is 0 Å². The molecule has 9 nitrogen and oxygen atoms in total. The van der Waals surface area contributed by atoms with Gasteiger partial charge in [0.15, 0.2) is 10.8 Å². The number of nitrogens with one attached hydrogen (secondary N) is 1. The number of benzene rings is 1. The molecule has 3 aromatic rings. The third-order valence-corrected chi connectivity index (χ3v) is 7.29. The zero-order valence-corrected chi connectivity index (χ0v) is 22.6. The zero-order valence-electron chi connectivity index (χ0n) is 20.3. The number of rotatable bonds is 9. The second kappa shape index (κ2) is 10.9. The second-order valence-corrected chi connectivity index (χ2v) is 9.56. The lowest BCUT2D eigenvalue weighted by Crippen LogP contribution is -2.16. The largest absolute Gasteiger partial charge is 0.472 e. The lowest BCUT2D eigenvalue weighted by atomic mass is 9.97. The van der Waals surface area contributed by atoms with Gasteiger partial charge in [-0.3, -0.25) is 0 Å². The highest BCUT2D eigenvalue weighted by Crippen LogP contribution is 2.48. The van der Waals surface area contributed by atoms with Crippen LogP contribution in [0.3, 0.4) is 0 Å². The van der Waals surface area contributed by atoms with Gasteiger partial charge in [0.05, 0.1) is 25.7 Å². The molecule has 1 aromatic carbocycles. The van der Waals surface area contributed by atoms with Crippen molar-refractivity contribution in [3.8, 4) is 33.6 Å². The Morgan fingerprint density at radius 1 is 1.16 bits per heavy atom. The molecule has 11 heteroatoms. The average Bonchev–Trinajstić information content (AvgIpc) is 3.61. The van der Waals surface area contributed by atoms with E-state index < -0.39 is 5.97 Å². The Balaban J connectivity index is 1.74. The molecule has 0 atom stereocenters. The molecule has 0 saturated heterocycles. The minimum atomic E-state index is -0.499. The fourth-order valence-electron chi connectivity index (χ4n) is 4.53. The summed E-state index contributed by atoms with van der Waals surface area (Å²) in [6, 6.07) is 9.77. The van der Waals surface area contributed by atoms with Crippen LogP contribution in [0, 0.1) is 0 Å². The highest BCUT2D eigenvalue weighted by molar-refractivity contribution is 9.10. The Bertz CT molecular complexity index is 1510. The van der Waals surface area contributed by atoms with Gasteiger partial charge in [0.2, 0.25) is 5.82 Å². The van der Waals surface area contributed by atoms with Gasteiger partial charge in [-0.05, 0) is 57.2 Å². The maximum Gasteiger partial charge on any atom is 0.358 e. The number of carbonyl (C=O) groups excluding carboxylic acids is 1. The predicted molar refractivity (Wildman–Crippen MR) is 143 cm³/mol. The summed E-state index contributed by atoms with van der Waals surface area (Å²) in [6.07, 6.45) is 5.91. The Labute approximate surface area is 226 Å². The van der Waals surface area contributed by atoms with Crippen molar-refractivity contribution in [2.75, 3.05) is 6.61 Å². The number of halogens is 2. The summed E-state index contributed by atoms with van der Waals surface area (Å²) in [7, 11) is 0. The van der Waals surface area contributed by atoms with E-state index in [0.29, 0.717) is 18.8 Å². The monoisotopic (exact) mass is 582 g/mol. The number of tetrazole rings is 1. The van der Waals surface area contributed by atoms with Crippen molar-refractivity contribution in [1.29, 1.82) is 0 Å². The fourth-order valence-corrected chi connectivity index (χ4v) is 5.57. The quantitative estimate of drug-likeness (QED) is 0.200. The molecule has 2 aromatic heterocycles. The van der Waals surface area contributed by atoms with Crippen molar-refractivity contribution in [1.82, 2.24) is 30.2 Å². The van der Waals surface area contributed by atoms with Gasteiger partial charge in [-0.1, -0.05) is 49.2 Å². The molecule has 1 aliphatic carbocycles. The van der Waals surface area contributed by atoms with Gasteiger partial charge in [0.1, 0.15) is 5.82 Å². The zero-order chi connectivity index (χ0) is 25.9. The van der Waals surface area contributed by atoms with E-state index in [0.717, 1.165) is 56.5 Å². The number of esters is 1. The molecule has 1 aliphatic heterocycles. The van der Waals surface area contributed by atoms with E-state index in [1.807, 2.05) is 34.9 Å². The van der Waals surface area contributed by atoms with E-state index in [4.69, 9.17) is 20.8 Å². The lowest BCUT2D eigenvalue weighted by molar-refractivity contribution is 0.0514. The summed E-state index contributed by atoms with van der Waals surface area (Å²) in [5.74, 6) is 0.713. The molecular formula is C26H24BrClN6O3. The molecular weight excluding hydrogens is 560 g/mol. The molecule has 37 heavy (non-hydrogen) atoms. The van der Waals surface area contributed by atoms with Crippen LogP contribution in [0.5, 0.6) is 0 Å². The minimum absolute atomic E-state index is 0.142. The molecule has 2 aliphatic rings. The first-order chi connectivity index (χ1) is 18.0. The highest BCUT2D eigenvalue weighted by Gasteiger charge is 2.29. The number of hydrogen-bond donors (Lipinski definition) is 1. The number of aromatic nitrogens is 6. The molecule has 0 amide bonds. The third-order valence-electron chi connectivity index (χ3n) is 6.20. The number of unbranched alkanes of at least 4 members (excludes halogenated alkanes) is 1. The fraction of sp³-hybridized carbons (Fsp3) is 0.269. The standard InChI is InChI=1S/C26H24BrClN6O3/c1-3-5-10-20-29-24(28)23(26(35)37-4-2)34(20)13-18-15-11-12-36-14-19(15)22(27)21(18)16-8-6-7-9-17(16)25-30-32-33-31-25/h6-9,11-12,14H,3-5,10,13H2,1-2H3,(H,30,31,32,33). The number of nitrogens with zero attached hydrogens (tertiary/aromatic N) is 5. The van der Waals surface area contributed by atoms with Crippen LogP contribution in [0.2, 0.25) is 5.15 Å². The van der Waals surface area contributed by atoms with Crippen LogP contribution >= 0.6 is 27.5 Å². The minimum Gasteiger partial charge on any atom is -0.472 e. The molecule has 0 bridgehead atoms. The molecule has 1 N–H and O–H groups in total. The highest BCUT2D eigenvalue weighted by atomic mass is 79.9. The van der Waals surface area contributed by atoms with Crippen LogP contribution in [-0.2, 0) is 17.7 Å². The van der Waals surface area contributed by atoms with E-state index in [-0.39, 0.29) is 17.5 Å². The summed E-state index contributed by atoms with van der Waals surface area (Å²) in [6.45, 7) is 4.46. The summed E-state index contributed by atoms with van der Waals surface area (Å²) in [4.78, 5) is 17.5. The molecule has 190 valence electrons. The van der Waals surface area contributed by atoms with Crippen LogP contribution in [0.1, 0.15) is 48.6 Å². The van der Waals surface area contributed by atoms with Crippen LogP contribution < -0.4 is 0 Å². The number of imidazole rings is 1. The summed E-state index contributed by atoms with van der Waals surface area (Å²) >= 11 is 10.3. The van der Waals surface area contributed by atoms with Gasteiger partial charge in [0, 0.05) is 27.6 Å². The average molecular weight is 584 g/mol. The number of carbonyl (C=O) groups is 1. The number of ether oxygens (including phenoxy) is 1. The van der Waals surface area contributed by atoms with Crippen LogP contribution in [0.4, 0.5) is 0 Å². The summed E-state index contributed by atoms with van der Waals surface area (Å²) in [5.41, 5.74) is 5.72. The van der Waals surface area contributed by atoms with Crippen molar-refractivity contribution in [3.63, 3.8) is 0 Å². The first-order valence-electron chi connectivity index (χ1n) is 12.0. The number of fused-ring (bicyclic) bond motifs is 1. The SMILES string of the molecule is CCCCc1nc(Cl)c(C(=O)OCC)n1Cc1c2ccocc-2c(Br)c1-c1ccccc1-c1nn[nH]n1. The normalized spacial score (nSPS) is 11.4. The first kappa shape index (κ1) is 25.2. The summed E-state index contributed by atoms with van der Waals surface area (Å²) < 4.78 is 13.6. The van der Waals surface area contributed by atoms with E-state index in [1.54, 1.807) is 19.5 Å². The van der Waals surface area contributed by atoms with Gasteiger partial charge >= 0.3 is 5.97 Å². The Hall–Kier alpha value is -3.50. The summed E-state index contributed by atoms with van der Waals surface area (Å²) in [5, 5.41) is 14.8. The Morgan fingerprint density at radius 3 is 2.70 bits per heavy atom. The molecule has 0 unspecified atom stereocenters. The van der Waals surface area contributed by atoms with Gasteiger partial charge < -0.3 is 13.7 Å². The first-order valence-corrected chi connectivity index (χ1v) is 13.1. The van der Waals surface area contributed by atoms with E-state index in [1.165, 1.54) is 0 Å². The second-order valence-electron chi connectivity index (χ2n) is 8.41. The molecule has 0 spiro atoms. The lowest BCUT2D eigenvalue weighted by Gasteiger charge is -2.15. The Morgan fingerprint density at radius 2 is 1.97 bits per heavy atom. The molecule has 5 rings (SSSR count). The van der Waals surface area contributed by atoms with Crippen LogP contribution in [0.25, 0.3) is 33.6 Å². The van der Waals surface area contributed by atoms with Crippen molar-refractivity contribution in [2.24, 2.45) is 0 Å². The van der Waals surface area contributed by atoms with Crippen molar-refractivity contribution >= 4 is 33.5 Å². The van der Waals surface area contributed by atoms with Gasteiger partial charge in [-0.15, -0.1) is 10.2 Å². The van der Waals surface area contributed by atoms with Crippen LogP contribution in [0.15, 0.2) is 51.7 Å². The number of aryl methyl sites for hydroxylation is 1. The molecule has 0 fully saturated rings. The van der Waals surface area contributed by atoms with Crippen LogP contribution in [-0.4, -0.2) is 42.8 Å². The van der Waals surface area contributed by atoms with Gasteiger partial charge in [-0.25, -0.2) is 9.78 Å². The Kier molecular flexibility index (Phi) is 7.38. The number of aromatic amines is 1. The van der Waals surface area contributed by atoms with Crippen molar-refractivity contribution in [3.05, 3.63) is 69.6 Å². The van der Waals surface area contributed by atoms with Crippen molar-refractivity contribution < 1.29 is 13.9 Å². The number of H-pyrrole nitrogens is 1. The predicted octanol–water partition coefficient (Wildman–Crippen LogP) is 6.41. The van der Waals surface area contributed by atoms with Gasteiger partial charge in [-0.2, -0.15) is 5.21 Å². The maximum atomic E-state index is 13.0.